The van der Waals surface area contributed by atoms with Gasteiger partial charge in [-0.2, -0.15) is 0 Å². The second kappa shape index (κ2) is 6.44. The third-order valence-electron chi connectivity index (χ3n) is 2.91. The van der Waals surface area contributed by atoms with Gasteiger partial charge in [-0.1, -0.05) is 32.4 Å². The lowest BCUT2D eigenvalue weighted by Crippen LogP contribution is -2.45. The van der Waals surface area contributed by atoms with Gasteiger partial charge in [0.05, 0.1) is 5.56 Å². The summed E-state index contributed by atoms with van der Waals surface area (Å²) in [6, 6.07) is 5.91. The smallest absolute Gasteiger partial charge is 0.326 e. The van der Waals surface area contributed by atoms with Crippen LogP contribution in [0.4, 0.5) is 0 Å². The van der Waals surface area contributed by atoms with Gasteiger partial charge in [0, 0.05) is 4.90 Å². The summed E-state index contributed by atoms with van der Waals surface area (Å²) in [7, 11) is 0. The van der Waals surface area contributed by atoms with E-state index in [0.717, 1.165) is 0 Å². The van der Waals surface area contributed by atoms with Gasteiger partial charge in [0.25, 0.3) is 5.91 Å². The summed E-state index contributed by atoms with van der Waals surface area (Å²) in [6.07, 6.45) is 0.680. The highest BCUT2D eigenvalue weighted by Crippen LogP contribution is 2.14. The molecule has 0 radical (unpaired) electrons. The molecule has 1 aromatic carbocycles. The number of carbonyl (C=O) groups excluding carboxylic acids is 1. The summed E-state index contributed by atoms with van der Waals surface area (Å²) in [4.78, 5) is 23.6. The summed E-state index contributed by atoms with van der Waals surface area (Å²) in [6.45, 7) is 3.69. The Hall–Kier alpha value is -1.49. The molecule has 0 aromatic heterocycles. The fraction of sp³-hybridized carbons (Fsp3) is 0.385. The molecule has 1 rings (SSSR count). The molecular formula is C13H17NO3S. The van der Waals surface area contributed by atoms with Crippen LogP contribution in [0.2, 0.25) is 0 Å². The fourth-order valence-electron chi connectivity index (χ4n) is 1.57. The van der Waals surface area contributed by atoms with E-state index in [1.807, 2.05) is 6.92 Å². The number of rotatable bonds is 5. The summed E-state index contributed by atoms with van der Waals surface area (Å²) in [5.41, 5.74) is 0.385. The van der Waals surface area contributed by atoms with E-state index in [0.29, 0.717) is 16.9 Å². The van der Waals surface area contributed by atoms with Crippen molar-refractivity contribution in [2.45, 2.75) is 31.2 Å². The topological polar surface area (TPSA) is 66.4 Å². The van der Waals surface area contributed by atoms with E-state index in [-0.39, 0.29) is 5.92 Å². The quantitative estimate of drug-likeness (QED) is 0.717. The number of benzene rings is 1. The highest BCUT2D eigenvalue weighted by atomic mass is 32.1. The third kappa shape index (κ3) is 3.50. The minimum absolute atomic E-state index is 0.126. The normalized spacial score (nSPS) is 13.7. The molecule has 0 heterocycles. The molecule has 0 saturated heterocycles. The number of hydrogen-bond donors (Lipinski definition) is 3. The van der Waals surface area contributed by atoms with Crippen LogP contribution in [0.25, 0.3) is 0 Å². The monoisotopic (exact) mass is 267 g/mol. The maximum Gasteiger partial charge on any atom is 0.326 e. The standard InChI is InChI=1S/C13H17NO3S/c1-3-8(2)11(13(16)17)14-12(15)9-6-4-5-7-10(9)18/h4-8,11,18H,3H2,1-2H3,(H,14,15)(H,16,17)/t8?,11-/m0/s1. The molecule has 1 unspecified atom stereocenters. The van der Waals surface area contributed by atoms with E-state index < -0.39 is 17.9 Å². The van der Waals surface area contributed by atoms with Crippen LogP contribution in [0, 0.1) is 5.92 Å². The lowest BCUT2D eigenvalue weighted by molar-refractivity contribution is -0.140. The zero-order valence-corrected chi connectivity index (χ0v) is 11.3. The molecule has 0 bridgehead atoms. The van der Waals surface area contributed by atoms with Gasteiger partial charge >= 0.3 is 5.97 Å². The van der Waals surface area contributed by atoms with Crippen molar-refractivity contribution in [2.75, 3.05) is 0 Å². The van der Waals surface area contributed by atoms with Crippen LogP contribution < -0.4 is 5.32 Å². The number of aliphatic carboxylic acids is 1. The number of amides is 1. The van der Waals surface area contributed by atoms with E-state index in [1.54, 1.807) is 31.2 Å². The number of thiol groups is 1. The zero-order chi connectivity index (χ0) is 13.7. The summed E-state index contributed by atoms with van der Waals surface area (Å²) in [5.74, 6) is -1.55. The van der Waals surface area contributed by atoms with Crippen LogP contribution in [0.15, 0.2) is 29.2 Å². The Balaban J connectivity index is 2.86. The van der Waals surface area contributed by atoms with Gasteiger partial charge in [-0.25, -0.2) is 4.79 Å². The highest BCUT2D eigenvalue weighted by molar-refractivity contribution is 7.80. The molecule has 4 nitrogen and oxygen atoms in total. The van der Waals surface area contributed by atoms with Gasteiger partial charge < -0.3 is 10.4 Å². The largest absolute Gasteiger partial charge is 0.480 e. The first-order valence-corrected chi connectivity index (χ1v) is 6.23. The molecule has 0 aliphatic heterocycles. The molecule has 5 heteroatoms. The summed E-state index contributed by atoms with van der Waals surface area (Å²) >= 11 is 4.18. The Morgan fingerprint density at radius 3 is 2.50 bits per heavy atom. The molecule has 1 amide bonds. The Labute approximate surface area is 112 Å². The maximum absolute atomic E-state index is 12.0. The van der Waals surface area contributed by atoms with Gasteiger partial charge in [0.2, 0.25) is 0 Å². The van der Waals surface area contributed by atoms with E-state index in [4.69, 9.17) is 5.11 Å². The predicted molar refractivity (Wildman–Crippen MR) is 72.0 cm³/mol. The summed E-state index contributed by atoms with van der Waals surface area (Å²) < 4.78 is 0. The number of carboxylic acid groups (broad SMARTS) is 1. The lowest BCUT2D eigenvalue weighted by atomic mass is 9.99. The minimum atomic E-state index is -1.02. The first-order valence-electron chi connectivity index (χ1n) is 5.79. The van der Waals surface area contributed by atoms with Gasteiger partial charge in [0.1, 0.15) is 6.04 Å². The van der Waals surface area contributed by atoms with Crippen molar-refractivity contribution in [3.05, 3.63) is 29.8 Å². The van der Waals surface area contributed by atoms with Gasteiger partial charge in [0.15, 0.2) is 0 Å². The average molecular weight is 267 g/mol. The van der Waals surface area contributed by atoms with Crippen molar-refractivity contribution in [2.24, 2.45) is 5.92 Å². The molecule has 2 atom stereocenters. The van der Waals surface area contributed by atoms with Gasteiger partial charge in [-0.05, 0) is 18.1 Å². The van der Waals surface area contributed by atoms with Gasteiger partial charge in [-0.3, -0.25) is 4.79 Å². The van der Waals surface area contributed by atoms with Gasteiger partial charge in [-0.15, -0.1) is 12.6 Å². The van der Waals surface area contributed by atoms with Crippen LogP contribution in [-0.4, -0.2) is 23.0 Å². The van der Waals surface area contributed by atoms with E-state index in [1.165, 1.54) is 0 Å². The Kier molecular flexibility index (Phi) is 5.22. The Morgan fingerprint density at radius 2 is 2.00 bits per heavy atom. The van der Waals surface area contributed by atoms with E-state index in [9.17, 15) is 9.59 Å². The Bertz CT molecular complexity index is 448. The van der Waals surface area contributed by atoms with Crippen LogP contribution in [-0.2, 0) is 4.79 Å². The number of nitrogens with one attached hydrogen (secondary N) is 1. The fourth-order valence-corrected chi connectivity index (χ4v) is 1.83. The second-order valence-electron chi connectivity index (χ2n) is 4.19. The average Bonchev–Trinajstić information content (AvgIpc) is 2.35. The molecule has 2 N–H and O–H groups in total. The molecule has 0 fully saturated rings. The predicted octanol–water partition coefficient (Wildman–Crippen LogP) is 2.20. The molecule has 0 aliphatic carbocycles. The molecule has 0 saturated carbocycles. The van der Waals surface area contributed by atoms with Crippen molar-refractivity contribution in [1.29, 1.82) is 0 Å². The zero-order valence-electron chi connectivity index (χ0n) is 10.4. The van der Waals surface area contributed by atoms with Crippen molar-refractivity contribution >= 4 is 24.5 Å². The van der Waals surface area contributed by atoms with Crippen LogP contribution in [0.1, 0.15) is 30.6 Å². The molecule has 98 valence electrons. The van der Waals surface area contributed by atoms with Crippen LogP contribution >= 0.6 is 12.6 Å². The highest BCUT2D eigenvalue weighted by Gasteiger charge is 2.26. The third-order valence-corrected chi connectivity index (χ3v) is 3.30. The number of carboxylic acids is 1. The van der Waals surface area contributed by atoms with Crippen molar-refractivity contribution in [1.82, 2.24) is 5.32 Å². The van der Waals surface area contributed by atoms with Crippen molar-refractivity contribution in [3.8, 4) is 0 Å². The molecule has 0 spiro atoms. The second-order valence-corrected chi connectivity index (χ2v) is 4.67. The SMILES string of the molecule is CCC(C)[C@H](NC(=O)c1ccccc1S)C(=O)O. The minimum Gasteiger partial charge on any atom is -0.480 e. The van der Waals surface area contributed by atoms with Crippen molar-refractivity contribution in [3.63, 3.8) is 0 Å². The van der Waals surface area contributed by atoms with Crippen LogP contribution in [0.5, 0.6) is 0 Å². The first kappa shape index (κ1) is 14.6. The number of carbonyl (C=O) groups is 2. The van der Waals surface area contributed by atoms with Crippen LogP contribution in [0.3, 0.4) is 0 Å². The number of hydrogen-bond acceptors (Lipinski definition) is 3. The summed E-state index contributed by atoms with van der Waals surface area (Å²) in [5, 5.41) is 11.6. The molecule has 1 aromatic rings. The maximum atomic E-state index is 12.0. The molecule has 18 heavy (non-hydrogen) atoms. The molecule has 0 aliphatic rings. The van der Waals surface area contributed by atoms with E-state index >= 15 is 0 Å². The van der Waals surface area contributed by atoms with E-state index in [2.05, 4.69) is 17.9 Å². The Morgan fingerprint density at radius 1 is 1.39 bits per heavy atom. The lowest BCUT2D eigenvalue weighted by Gasteiger charge is -2.20. The first-order chi connectivity index (χ1) is 8.47. The van der Waals surface area contributed by atoms with Crippen molar-refractivity contribution < 1.29 is 14.7 Å². The molecular weight excluding hydrogens is 250 g/mol.